The minimum atomic E-state index is -5.47. The molecule has 2 atom stereocenters. The molecule has 0 amide bonds. The molecule has 15 heavy (non-hydrogen) atoms. The van der Waals surface area contributed by atoms with Crippen LogP contribution in [0.5, 0.6) is 0 Å². The molecule has 86 valence electrons. The maximum atomic E-state index is 12.0. The van der Waals surface area contributed by atoms with Crippen LogP contribution in [0, 0.1) is 11.8 Å². The van der Waals surface area contributed by atoms with Crippen molar-refractivity contribution in [1.29, 1.82) is 0 Å². The fourth-order valence-corrected chi connectivity index (χ4v) is 2.60. The highest BCUT2D eigenvalue weighted by molar-refractivity contribution is 7.87. The third kappa shape index (κ3) is 1.84. The van der Waals surface area contributed by atoms with Crippen LogP contribution in [0.25, 0.3) is 0 Å². The maximum absolute atomic E-state index is 12.0. The van der Waals surface area contributed by atoms with Crippen molar-refractivity contribution in [2.75, 3.05) is 0 Å². The Morgan fingerprint density at radius 3 is 2.40 bits per heavy atom. The highest BCUT2D eigenvalue weighted by atomic mass is 32.2. The minimum Gasteiger partial charge on any atom is -0.381 e. The lowest BCUT2D eigenvalue weighted by molar-refractivity contribution is -0.0526. The Hall–Kier alpha value is -0.720. The minimum absolute atomic E-state index is 0.0245. The second-order valence-electron chi connectivity index (χ2n) is 3.82. The Morgan fingerprint density at radius 1 is 1.33 bits per heavy atom. The van der Waals surface area contributed by atoms with Crippen LogP contribution in [-0.4, -0.2) is 13.9 Å². The van der Waals surface area contributed by atoms with Crippen LogP contribution < -0.4 is 0 Å². The monoisotopic (exact) mass is 242 g/mol. The van der Waals surface area contributed by atoms with Crippen molar-refractivity contribution in [2.24, 2.45) is 11.8 Å². The summed E-state index contributed by atoms with van der Waals surface area (Å²) < 4.78 is 61.5. The summed E-state index contributed by atoms with van der Waals surface area (Å²) in [5, 5.41) is 0. The van der Waals surface area contributed by atoms with E-state index in [9.17, 15) is 21.6 Å². The molecule has 2 unspecified atom stereocenters. The molecule has 1 saturated carbocycles. The third-order valence-corrected chi connectivity index (χ3v) is 3.74. The fourth-order valence-electron chi connectivity index (χ4n) is 2.06. The highest BCUT2D eigenvalue weighted by Gasteiger charge is 2.50. The summed E-state index contributed by atoms with van der Waals surface area (Å²) in [5.74, 6) is 0.0177. The largest absolute Gasteiger partial charge is 0.534 e. The molecule has 0 aromatic carbocycles. The van der Waals surface area contributed by atoms with E-state index in [4.69, 9.17) is 0 Å². The topological polar surface area (TPSA) is 43.4 Å². The summed E-state index contributed by atoms with van der Waals surface area (Å²) in [6, 6.07) is 0. The predicted octanol–water partition coefficient (Wildman–Crippen LogP) is 2.17. The number of allylic oxidation sites excluding steroid dienone is 2. The number of hydrogen-bond donors (Lipinski definition) is 0. The molecular weight excluding hydrogens is 233 g/mol. The van der Waals surface area contributed by atoms with E-state index in [2.05, 4.69) is 4.18 Å². The first kappa shape index (κ1) is 10.8. The van der Waals surface area contributed by atoms with Gasteiger partial charge in [-0.25, -0.2) is 0 Å². The Kier molecular flexibility index (Phi) is 2.25. The van der Waals surface area contributed by atoms with Gasteiger partial charge in [0.25, 0.3) is 0 Å². The number of hydrogen-bond acceptors (Lipinski definition) is 3. The summed E-state index contributed by atoms with van der Waals surface area (Å²) in [6.07, 6.45) is 3.83. The average molecular weight is 242 g/mol. The fraction of sp³-hybridized carbons (Fsp3) is 0.750. The molecule has 0 radical (unpaired) electrons. The van der Waals surface area contributed by atoms with E-state index in [0.29, 0.717) is 12.8 Å². The van der Waals surface area contributed by atoms with Crippen LogP contribution in [0.3, 0.4) is 0 Å². The van der Waals surface area contributed by atoms with Crippen LogP contribution in [0.4, 0.5) is 13.2 Å². The van der Waals surface area contributed by atoms with Crippen LogP contribution >= 0.6 is 0 Å². The van der Waals surface area contributed by atoms with Crippen molar-refractivity contribution in [3.63, 3.8) is 0 Å². The van der Waals surface area contributed by atoms with Gasteiger partial charge in [0.1, 0.15) is 5.76 Å². The molecule has 1 fully saturated rings. The molecule has 2 aliphatic rings. The summed E-state index contributed by atoms with van der Waals surface area (Å²) in [5.41, 5.74) is -5.34. The summed E-state index contributed by atoms with van der Waals surface area (Å²) in [7, 11) is -5.47. The molecule has 0 aromatic rings. The van der Waals surface area contributed by atoms with Crippen LogP contribution in [0.2, 0.25) is 0 Å². The van der Waals surface area contributed by atoms with Crippen LogP contribution in [0.15, 0.2) is 11.8 Å². The Bertz CT molecular complexity index is 396. The van der Waals surface area contributed by atoms with E-state index >= 15 is 0 Å². The van der Waals surface area contributed by atoms with Gasteiger partial charge in [-0.1, -0.05) is 0 Å². The molecule has 2 rings (SSSR count). The molecule has 7 heteroatoms. The van der Waals surface area contributed by atoms with Crippen molar-refractivity contribution in [1.82, 2.24) is 0 Å². The van der Waals surface area contributed by atoms with Gasteiger partial charge in [-0.2, -0.15) is 21.6 Å². The third-order valence-electron chi connectivity index (χ3n) is 2.76. The number of fused-ring (bicyclic) bond motifs is 2. The number of halogens is 3. The van der Waals surface area contributed by atoms with E-state index in [1.165, 1.54) is 6.08 Å². The maximum Gasteiger partial charge on any atom is 0.534 e. The second-order valence-corrected chi connectivity index (χ2v) is 5.36. The first-order valence-electron chi connectivity index (χ1n) is 4.52. The van der Waals surface area contributed by atoms with E-state index in [0.717, 1.165) is 6.42 Å². The molecule has 0 N–H and O–H groups in total. The van der Waals surface area contributed by atoms with Gasteiger partial charge in [-0.05, 0) is 31.3 Å². The van der Waals surface area contributed by atoms with E-state index in [1.54, 1.807) is 0 Å². The lowest BCUT2D eigenvalue weighted by Gasteiger charge is -2.15. The summed E-state index contributed by atoms with van der Waals surface area (Å²) >= 11 is 0. The van der Waals surface area contributed by atoms with Crippen molar-refractivity contribution in [3.05, 3.63) is 11.8 Å². The normalized spacial score (nSPS) is 30.5. The van der Waals surface area contributed by atoms with Crippen molar-refractivity contribution >= 4 is 10.1 Å². The molecule has 0 heterocycles. The summed E-state index contributed by atoms with van der Waals surface area (Å²) in [4.78, 5) is 0. The quantitative estimate of drug-likeness (QED) is 0.550. The lowest BCUT2D eigenvalue weighted by Crippen LogP contribution is -2.26. The number of rotatable bonds is 2. The molecule has 2 bridgehead atoms. The first-order valence-corrected chi connectivity index (χ1v) is 5.93. The van der Waals surface area contributed by atoms with E-state index in [1.807, 2.05) is 0 Å². The molecule has 3 nitrogen and oxygen atoms in total. The molecule has 0 aliphatic heterocycles. The summed E-state index contributed by atoms with van der Waals surface area (Å²) in [6.45, 7) is 0. The van der Waals surface area contributed by atoms with Gasteiger partial charge in [0, 0.05) is 5.92 Å². The second kappa shape index (κ2) is 3.13. The zero-order chi connectivity index (χ0) is 11.3. The van der Waals surface area contributed by atoms with Crippen LogP contribution in [0.1, 0.15) is 19.3 Å². The molecule has 0 aromatic heterocycles. The van der Waals surface area contributed by atoms with Crippen molar-refractivity contribution in [3.8, 4) is 0 Å². The number of alkyl halides is 3. The Balaban J connectivity index is 2.14. The average Bonchev–Trinajstić information content (AvgIpc) is 2.61. The lowest BCUT2D eigenvalue weighted by atomic mass is 10.1. The van der Waals surface area contributed by atoms with Crippen LogP contribution in [-0.2, 0) is 14.3 Å². The van der Waals surface area contributed by atoms with Gasteiger partial charge in [-0.15, -0.1) is 0 Å². The van der Waals surface area contributed by atoms with Gasteiger partial charge in [-0.3, -0.25) is 0 Å². The Morgan fingerprint density at radius 2 is 2.00 bits per heavy atom. The SMILES string of the molecule is O=S(=O)(OC1=CC2CCC1C2)C(F)(F)F. The van der Waals surface area contributed by atoms with Gasteiger partial charge in [0.2, 0.25) is 0 Å². The smallest absolute Gasteiger partial charge is 0.381 e. The van der Waals surface area contributed by atoms with Crippen molar-refractivity contribution in [2.45, 2.75) is 24.8 Å². The molecule has 0 saturated heterocycles. The molecule has 2 aliphatic carbocycles. The van der Waals surface area contributed by atoms with E-state index < -0.39 is 15.6 Å². The molecular formula is C8H9F3O3S. The predicted molar refractivity (Wildman–Crippen MR) is 45.0 cm³/mol. The first-order chi connectivity index (χ1) is 6.79. The van der Waals surface area contributed by atoms with Gasteiger partial charge >= 0.3 is 15.6 Å². The zero-order valence-corrected chi connectivity index (χ0v) is 8.44. The van der Waals surface area contributed by atoms with Gasteiger partial charge < -0.3 is 4.18 Å². The standard InChI is InChI=1S/C8H9F3O3S/c9-8(10,11)15(12,13)14-7-4-5-1-2-6(7)3-5/h4-6H,1-3H2. The Labute approximate surface area is 85.0 Å². The van der Waals surface area contributed by atoms with Crippen molar-refractivity contribution < 1.29 is 25.8 Å². The zero-order valence-electron chi connectivity index (χ0n) is 7.62. The van der Waals surface area contributed by atoms with Gasteiger partial charge in [0.05, 0.1) is 0 Å². The van der Waals surface area contributed by atoms with E-state index in [-0.39, 0.29) is 17.6 Å². The van der Waals surface area contributed by atoms with Gasteiger partial charge in [0.15, 0.2) is 0 Å². The highest BCUT2D eigenvalue weighted by Crippen LogP contribution is 2.45. The molecule has 0 spiro atoms.